The lowest BCUT2D eigenvalue weighted by Gasteiger charge is -2.04. The highest BCUT2D eigenvalue weighted by Crippen LogP contribution is 2.11. The summed E-state index contributed by atoms with van der Waals surface area (Å²) in [6.07, 6.45) is 12.4. The van der Waals surface area contributed by atoms with Gasteiger partial charge >= 0.3 is 0 Å². The predicted molar refractivity (Wildman–Crippen MR) is 67.9 cm³/mol. The predicted octanol–water partition coefficient (Wildman–Crippen LogP) is 4.92. The molecule has 0 aromatic rings. The van der Waals surface area contributed by atoms with E-state index in [1.54, 1.807) is 0 Å². The Kier molecular flexibility index (Phi) is 11.3. The first kappa shape index (κ1) is 14.5. The SMILES string of the molecule is C=COCCCCCCCCCC(C)C. The third-order valence-electron chi connectivity index (χ3n) is 2.66. The van der Waals surface area contributed by atoms with E-state index < -0.39 is 0 Å². The lowest BCUT2D eigenvalue weighted by atomic mass is 10.0. The van der Waals surface area contributed by atoms with E-state index >= 15 is 0 Å². The number of hydrogen-bond acceptors (Lipinski definition) is 1. The summed E-state index contributed by atoms with van der Waals surface area (Å²) in [5.74, 6) is 0.876. The van der Waals surface area contributed by atoms with Crippen LogP contribution < -0.4 is 0 Å². The van der Waals surface area contributed by atoms with E-state index in [0.717, 1.165) is 12.5 Å². The standard InChI is InChI=1S/C14H28O/c1-4-15-13-11-9-7-5-6-8-10-12-14(2)3/h4,14H,1,5-13H2,2-3H3. The van der Waals surface area contributed by atoms with Crippen LogP contribution in [0.1, 0.15) is 65.2 Å². The zero-order valence-corrected chi connectivity index (χ0v) is 10.6. The molecule has 0 aromatic heterocycles. The first-order valence-electron chi connectivity index (χ1n) is 6.50. The van der Waals surface area contributed by atoms with Crippen molar-refractivity contribution < 1.29 is 4.74 Å². The summed E-state index contributed by atoms with van der Waals surface area (Å²) in [4.78, 5) is 0. The van der Waals surface area contributed by atoms with Gasteiger partial charge in [0.05, 0.1) is 12.9 Å². The second kappa shape index (κ2) is 11.6. The van der Waals surface area contributed by atoms with Gasteiger partial charge in [0.1, 0.15) is 0 Å². The number of ether oxygens (including phenoxy) is 1. The minimum atomic E-state index is 0.844. The van der Waals surface area contributed by atoms with Crippen molar-refractivity contribution in [3.63, 3.8) is 0 Å². The summed E-state index contributed by atoms with van der Waals surface area (Å²) < 4.78 is 5.07. The zero-order chi connectivity index (χ0) is 11.4. The topological polar surface area (TPSA) is 9.23 Å². The highest BCUT2D eigenvalue weighted by Gasteiger charge is 1.94. The Morgan fingerprint density at radius 2 is 1.47 bits per heavy atom. The van der Waals surface area contributed by atoms with Gasteiger partial charge in [-0.05, 0) is 12.3 Å². The molecule has 0 atom stereocenters. The Hall–Kier alpha value is -0.460. The third kappa shape index (κ3) is 13.5. The minimum absolute atomic E-state index is 0.844. The zero-order valence-electron chi connectivity index (χ0n) is 10.6. The fourth-order valence-electron chi connectivity index (χ4n) is 1.71. The third-order valence-corrected chi connectivity index (χ3v) is 2.66. The van der Waals surface area contributed by atoms with Crippen LogP contribution in [0.15, 0.2) is 12.8 Å². The molecule has 0 aliphatic rings. The number of unbranched alkanes of at least 4 members (excludes halogenated alkanes) is 6. The molecule has 0 heterocycles. The first-order chi connectivity index (χ1) is 7.27. The van der Waals surface area contributed by atoms with Gasteiger partial charge in [-0.2, -0.15) is 0 Å². The molecule has 0 bridgehead atoms. The molecule has 0 unspecified atom stereocenters. The van der Waals surface area contributed by atoms with Gasteiger partial charge in [0, 0.05) is 0 Å². The fraction of sp³-hybridized carbons (Fsp3) is 0.857. The molecule has 90 valence electrons. The molecule has 0 saturated carbocycles. The average molecular weight is 212 g/mol. The molecule has 0 N–H and O–H groups in total. The molecule has 15 heavy (non-hydrogen) atoms. The largest absolute Gasteiger partial charge is 0.502 e. The average Bonchev–Trinajstić information content (AvgIpc) is 2.20. The van der Waals surface area contributed by atoms with Crippen LogP contribution in [0.4, 0.5) is 0 Å². The molecule has 0 aliphatic carbocycles. The second-order valence-electron chi connectivity index (χ2n) is 4.69. The monoisotopic (exact) mass is 212 g/mol. The van der Waals surface area contributed by atoms with Crippen molar-refractivity contribution in [1.29, 1.82) is 0 Å². The van der Waals surface area contributed by atoms with Crippen molar-refractivity contribution in [2.24, 2.45) is 5.92 Å². The summed E-state index contributed by atoms with van der Waals surface area (Å²) in [5, 5.41) is 0. The molecule has 0 aliphatic heterocycles. The van der Waals surface area contributed by atoms with Crippen LogP contribution in [0, 0.1) is 5.92 Å². The Labute approximate surface area is 95.9 Å². The second-order valence-corrected chi connectivity index (χ2v) is 4.69. The van der Waals surface area contributed by atoms with Crippen LogP contribution in [0.3, 0.4) is 0 Å². The Morgan fingerprint density at radius 3 is 2.00 bits per heavy atom. The Bertz CT molecular complexity index is 129. The van der Waals surface area contributed by atoms with E-state index in [1.165, 1.54) is 57.6 Å². The van der Waals surface area contributed by atoms with E-state index in [9.17, 15) is 0 Å². The van der Waals surface area contributed by atoms with Crippen LogP contribution in [0.25, 0.3) is 0 Å². The van der Waals surface area contributed by atoms with Crippen LogP contribution >= 0.6 is 0 Å². The smallest absolute Gasteiger partial charge is 0.0873 e. The van der Waals surface area contributed by atoms with Crippen molar-refractivity contribution in [3.8, 4) is 0 Å². The van der Waals surface area contributed by atoms with E-state index in [4.69, 9.17) is 4.74 Å². The van der Waals surface area contributed by atoms with Crippen molar-refractivity contribution in [1.82, 2.24) is 0 Å². The van der Waals surface area contributed by atoms with Gasteiger partial charge < -0.3 is 4.74 Å². The van der Waals surface area contributed by atoms with Crippen molar-refractivity contribution in [3.05, 3.63) is 12.8 Å². The molecule has 0 radical (unpaired) electrons. The van der Waals surface area contributed by atoms with Crippen molar-refractivity contribution in [2.75, 3.05) is 6.61 Å². The summed E-state index contributed by atoms with van der Waals surface area (Å²) in [5.41, 5.74) is 0. The van der Waals surface area contributed by atoms with Crippen LogP contribution in [-0.2, 0) is 4.74 Å². The van der Waals surface area contributed by atoms with Crippen molar-refractivity contribution in [2.45, 2.75) is 65.2 Å². The molecule has 1 heteroatoms. The fourth-order valence-corrected chi connectivity index (χ4v) is 1.71. The number of rotatable bonds is 11. The van der Waals surface area contributed by atoms with Gasteiger partial charge in [-0.1, -0.05) is 65.4 Å². The molecular formula is C14H28O. The van der Waals surface area contributed by atoms with E-state index in [1.807, 2.05) is 0 Å². The van der Waals surface area contributed by atoms with Gasteiger partial charge in [0.15, 0.2) is 0 Å². The molecule has 0 spiro atoms. The summed E-state index contributed by atoms with van der Waals surface area (Å²) in [7, 11) is 0. The summed E-state index contributed by atoms with van der Waals surface area (Å²) in [6.45, 7) is 8.97. The molecular weight excluding hydrogens is 184 g/mol. The van der Waals surface area contributed by atoms with Crippen LogP contribution in [0.5, 0.6) is 0 Å². The van der Waals surface area contributed by atoms with E-state index in [0.29, 0.717) is 0 Å². The molecule has 0 aromatic carbocycles. The normalized spacial score (nSPS) is 10.6. The van der Waals surface area contributed by atoms with Crippen LogP contribution in [0.2, 0.25) is 0 Å². The molecule has 0 saturated heterocycles. The lowest BCUT2D eigenvalue weighted by molar-refractivity contribution is 0.241. The Balaban J connectivity index is 2.89. The van der Waals surface area contributed by atoms with Gasteiger partial charge in [0.2, 0.25) is 0 Å². The highest BCUT2D eigenvalue weighted by molar-refractivity contribution is 4.51. The molecule has 0 fully saturated rings. The number of hydrogen-bond donors (Lipinski definition) is 0. The van der Waals surface area contributed by atoms with Gasteiger partial charge in [-0.3, -0.25) is 0 Å². The first-order valence-corrected chi connectivity index (χ1v) is 6.50. The van der Waals surface area contributed by atoms with E-state index in [2.05, 4.69) is 20.4 Å². The van der Waals surface area contributed by atoms with Gasteiger partial charge in [-0.15, -0.1) is 0 Å². The van der Waals surface area contributed by atoms with Crippen molar-refractivity contribution >= 4 is 0 Å². The maximum Gasteiger partial charge on any atom is 0.0873 e. The minimum Gasteiger partial charge on any atom is -0.502 e. The molecule has 0 amide bonds. The quantitative estimate of drug-likeness (QED) is 0.349. The highest BCUT2D eigenvalue weighted by atomic mass is 16.5. The van der Waals surface area contributed by atoms with Crippen LogP contribution in [-0.4, -0.2) is 6.61 Å². The lowest BCUT2D eigenvalue weighted by Crippen LogP contribution is -1.89. The van der Waals surface area contributed by atoms with Gasteiger partial charge in [0.25, 0.3) is 0 Å². The summed E-state index contributed by atoms with van der Waals surface area (Å²) in [6, 6.07) is 0. The summed E-state index contributed by atoms with van der Waals surface area (Å²) >= 11 is 0. The maximum absolute atomic E-state index is 5.07. The Morgan fingerprint density at radius 1 is 0.933 bits per heavy atom. The molecule has 1 nitrogen and oxygen atoms in total. The van der Waals surface area contributed by atoms with E-state index in [-0.39, 0.29) is 0 Å². The van der Waals surface area contributed by atoms with Gasteiger partial charge in [-0.25, -0.2) is 0 Å². The molecule has 0 rings (SSSR count). The maximum atomic E-state index is 5.07.